The summed E-state index contributed by atoms with van der Waals surface area (Å²) in [6, 6.07) is 8.63. The molecule has 1 N–H and O–H groups in total. The van der Waals surface area contributed by atoms with Gasteiger partial charge in [0.15, 0.2) is 0 Å². The number of carbonyl (C=O) groups excluding carboxylic acids is 4. The fraction of sp³-hybridized carbons (Fsp3) is 0.143. The lowest BCUT2D eigenvalue weighted by Crippen LogP contribution is -2.54. The van der Waals surface area contributed by atoms with E-state index in [4.69, 9.17) is 16.3 Å². The number of aryl methyl sites for hydroxylation is 1. The van der Waals surface area contributed by atoms with Gasteiger partial charge in [-0.3, -0.25) is 14.9 Å². The fourth-order valence-corrected chi connectivity index (χ4v) is 3.12. The summed E-state index contributed by atoms with van der Waals surface area (Å²) in [5.41, 5.74) is 2.12. The summed E-state index contributed by atoms with van der Waals surface area (Å²) in [5.74, 6) is -2.90. The Kier molecular flexibility index (Phi) is 5.89. The lowest BCUT2D eigenvalue weighted by Gasteiger charge is -2.28. The number of imide groups is 2. The zero-order chi connectivity index (χ0) is 22.0. The molecule has 0 aliphatic carbocycles. The van der Waals surface area contributed by atoms with Crippen molar-refractivity contribution in [2.75, 3.05) is 11.5 Å². The minimum absolute atomic E-state index is 0.0803. The van der Waals surface area contributed by atoms with Crippen molar-refractivity contribution in [1.82, 2.24) is 5.32 Å². The van der Waals surface area contributed by atoms with Gasteiger partial charge in [-0.25, -0.2) is 9.69 Å². The van der Waals surface area contributed by atoms with Crippen molar-refractivity contribution in [3.05, 3.63) is 63.7 Å². The van der Waals surface area contributed by atoms with Gasteiger partial charge in [-0.15, -0.1) is 0 Å². The summed E-state index contributed by atoms with van der Waals surface area (Å²) in [7, 11) is 0. The van der Waals surface area contributed by atoms with Gasteiger partial charge in [-0.2, -0.15) is 0 Å². The van der Waals surface area contributed by atoms with E-state index in [0.29, 0.717) is 11.3 Å². The standard InChI is InChI=1S/C21H17ClN2O6/c1-11-4-3-5-16(12(11)2)24-20(28)14(19(27)23-21(24)29)8-13-6-7-17(15(22)9-13)30-10-18(25)26/h3-9H,10H2,1-2H3,(H,25,26)(H,23,27,29)/p-1/b14-8+. The van der Waals surface area contributed by atoms with Crippen LogP contribution in [0.1, 0.15) is 16.7 Å². The first-order valence-electron chi connectivity index (χ1n) is 8.79. The van der Waals surface area contributed by atoms with Crippen LogP contribution in [0, 0.1) is 13.8 Å². The molecule has 0 spiro atoms. The molecule has 1 fully saturated rings. The van der Waals surface area contributed by atoms with E-state index in [1.165, 1.54) is 24.3 Å². The number of carboxylic acid groups (broad SMARTS) is 1. The predicted octanol–water partition coefficient (Wildman–Crippen LogP) is 1.75. The molecule has 0 atom stereocenters. The summed E-state index contributed by atoms with van der Waals surface area (Å²) < 4.78 is 4.98. The Balaban J connectivity index is 1.96. The largest absolute Gasteiger partial charge is 0.546 e. The molecular weight excluding hydrogens is 412 g/mol. The highest BCUT2D eigenvalue weighted by molar-refractivity contribution is 6.39. The van der Waals surface area contributed by atoms with Gasteiger partial charge in [0.25, 0.3) is 11.8 Å². The molecule has 2 aromatic rings. The topological polar surface area (TPSA) is 116 Å². The smallest absolute Gasteiger partial charge is 0.335 e. The molecule has 3 rings (SSSR count). The highest BCUT2D eigenvalue weighted by atomic mass is 35.5. The third-order valence-electron chi connectivity index (χ3n) is 4.53. The van der Waals surface area contributed by atoms with Crippen LogP contribution in [-0.4, -0.2) is 30.4 Å². The summed E-state index contributed by atoms with van der Waals surface area (Å²) in [6.07, 6.45) is 1.29. The van der Waals surface area contributed by atoms with Gasteiger partial charge in [0.2, 0.25) is 0 Å². The number of hydrogen-bond donors (Lipinski definition) is 1. The average Bonchev–Trinajstić information content (AvgIpc) is 2.67. The number of benzene rings is 2. The Morgan fingerprint density at radius 2 is 1.93 bits per heavy atom. The number of halogens is 1. The maximum atomic E-state index is 13.0. The SMILES string of the molecule is Cc1cccc(N2C(=O)NC(=O)/C(=C\c3ccc(OCC(=O)[O-])c(Cl)c3)C2=O)c1C. The number of aliphatic carboxylic acids is 1. The Bertz CT molecular complexity index is 1110. The Hall–Kier alpha value is -3.65. The summed E-state index contributed by atoms with van der Waals surface area (Å²) in [5, 5.41) is 12.7. The first-order chi connectivity index (χ1) is 14.2. The van der Waals surface area contributed by atoms with E-state index in [9.17, 15) is 24.3 Å². The quantitative estimate of drug-likeness (QED) is 0.574. The number of hydrogen-bond acceptors (Lipinski definition) is 6. The molecule has 9 heteroatoms. The third-order valence-corrected chi connectivity index (χ3v) is 4.83. The van der Waals surface area contributed by atoms with Gasteiger partial charge in [0.05, 0.1) is 16.7 Å². The average molecular weight is 428 g/mol. The zero-order valence-electron chi connectivity index (χ0n) is 16.0. The van der Waals surface area contributed by atoms with Gasteiger partial charge in [0, 0.05) is 0 Å². The minimum Gasteiger partial charge on any atom is -0.546 e. The molecule has 0 aromatic heterocycles. The van der Waals surface area contributed by atoms with Crippen LogP contribution in [0.4, 0.5) is 10.5 Å². The lowest BCUT2D eigenvalue weighted by molar-refractivity contribution is -0.307. The maximum Gasteiger partial charge on any atom is 0.335 e. The third kappa shape index (κ3) is 4.18. The molecule has 0 unspecified atom stereocenters. The molecule has 4 amide bonds. The van der Waals surface area contributed by atoms with Crippen molar-refractivity contribution in [3.8, 4) is 5.75 Å². The normalized spacial score (nSPS) is 15.4. The van der Waals surface area contributed by atoms with Crippen molar-refractivity contribution in [3.63, 3.8) is 0 Å². The van der Waals surface area contributed by atoms with Crippen LogP contribution < -0.4 is 20.1 Å². The summed E-state index contributed by atoms with van der Waals surface area (Å²) >= 11 is 6.07. The summed E-state index contributed by atoms with van der Waals surface area (Å²) in [6.45, 7) is 2.95. The molecule has 2 aromatic carbocycles. The van der Waals surface area contributed by atoms with Crippen LogP contribution >= 0.6 is 11.6 Å². The molecule has 0 saturated carbocycles. The van der Waals surface area contributed by atoms with Gasteiger partial charge >= 0.3 is 6.03 Å². The number of ether oxygens (including phenoxy) is 1. The van der Waals surface area contributed by atoms with Crippen LogP contribution in [0.25, 0.3) is 6.08 Å². The second-order valence-corrected chi connectivity index (χ2v) is 6.93. The molecule has 0 radical (unpaired) electrons. The van der Waals surface area contributed by atoms with Crippen molar-refractivity contribution >= 4 is 47.2 Å². The van der Waals surface area contributed by atoms with Crippen molar-refractivity contribution in [1.29, 1.82) is 0 Å². The van der Waals surface area contributed by atoms with Crippen LogP contribution in [0.5, 0.6) is 5.75 Å². The second kappa shape index (κ2) is 8.38. The Morgan fingerprint density at radius 1 is 1.20 bits per heavy atom. The van der Waals surface area contributed by atoms with Crippen LogP contribution in [-0.2, 0) is 14.4 Å². The van der Waals surface area contributed by atoms with Crippen LogP contribution in [0.15, 0.2) is 42.0 Å². The predicted molar refractivity (Wildman–Crippen MR) is 107 cm³/mol. The molecule has 1 aliphatic rings. The molecule has 1 heterocycles. The fourth-order valence-electron chi connectivity index (χ4n) is 2.88. The molecule has 1 saturated heterocycles. The molecule has 8 nitrogen and oxygen atoms in total. The molecule has 1 aliphatic heterocycles. The lowest BCUT2D eigenvalue weighted by atomic mass is 10.0. The Morgan fingerprint density at radius 3 is 2.60 bits per heavy atom. The highest BCUT2D eigenvalue weighted by Crippen LogP contribution is 2.29. The van der Waals surface area contributed by atoms with Gasteiger partial charge in [0.1, 0.15) is 17.9 Å². The number of urea groups is 1. The first kappa shape index (κ1) is 21.1. The van der Waals surface area contributed by atoms with Gasteiger partial charge in [-0.05, 0) is 54.8 Å². The number of anilines is 1. The minimum atomic E-state index is -1.40. The Labute approximate surface area is 176 Å². The van der Waals surface area contributed by atoms with Gasteiger partial charge in [-0.1, -0.05) is 29.8 Å². The van der Waals surface area contributed by atoms with E-state index in [0.717, 1.165) is 16.0 Å². The molecule has 30 heavy (non-hydrogen) atoms. The van der Waals surface area contributed by atoms with E-state index >= 15 is 0 Å². The summed E-state index contributed by atoms with van der Waals surface area (Å²) in [4.78, 5) is 49.1. The monoisotopic (exact) mass is 427 g/mol. The number of carboxylic acids is 1. The highest BCUT2D eigenvalue weighted by Gasteiger charge is 2.37. The number of amides is 4. The first-order valence-corrected chi connectivity index (χ1v) is 9.16. The van der Waals surface area contributed by atoms with E-state index in [2.05, 4.69) is 5.32 Å². The van der Waals surface area contributed by atoms with Crippen molar-refractivity contribution in [2.24, 2.45) is 0 Å². The number of rotatable bonds is 5. The molecule has 0 bridgehead atoms. The number of nitrogens with zero attached hydrogens (tertiary/aromatic N) is 1. The van der Waals surface area contributed by atoms with Crippen molar-refractivity contribution in [2.45, 2.75) is 13.8 Å². The number of carbonyl (C=O) groups is 4. The second-order valence-electron chi connectivity index (χ2n) is 6.53. The van der Waals surface area contributed by atoms with E-state index in [1.54, 1.807) is 19.1 Å². The molecular formula is C21H16ClN2O6-. The number of nitrogens with one attached hydrogen (secondary N) is 1. The van der Waals surface area contributed by atoms with Crippen molar-refractivity contribution < 1.29 is 29.0 Å². The van der Waals surface area contributed by atoms with Crippen LogP contribution in [0.2, 0.25) is 5.02 Å². The van der Waals surface area contributed by atoms with E-state index in [1.807, 2.05) is 13.0 Å². The zero-order valence-corrected chi connectivity index (χ0v) is 16.8. The number of barbiturate groups is 1. The van der Waals surface area contributed by atoms with Crippen LogP contribution in [0.3, 0.4) is 0 Å². The molecule has 154 valence electrons. The van der Waals surface area contributed by atoms with E-state index in [-0.39, 0.29) is 16.3 Å². The maximum absolute atomic E-state index is 13.0. The van der Waals surface area contributed by atoms with E-state index < -0.39 is 30.4 Å². The van der Waals surface area contributed by atoms with Gasteiger partial charge < -0.3 is 14.6 Å².